The maximum absolute atomic E-state index is 12.7. The van der Waals surface area contributed by atoms with Gasteiger partial charge in [-0.05, 0) is 12.1 Å². The van der Waals surface area contributed by atoms with Gasteiger partial charge in [0.05, 0.1) is 18.5 Å². The number of ether oxygens (including phenoxy) is 1. The van der Waals surface area contributed by atoms with E-state index < -0.39 is 26.9 Å². The second-order valence-corrected chi connectivity index (χ2v) is 16.3. The molecule has 36 heavy (non-hydrogen) atoms. The average molecular weight is 511 g/mol. The van der Waals surface area contributed by atoms with Gasteiger partial charge in [0.2, 0.25) is 0 Å². The third-order valence-corrected chi connectivity index (χ3v) is 12.2. The molecule has 0 spiro atoms. The number of carbonyl (C=O) groups is 1. The number of nitrogens with one attached hydrogen (secondary N) is 1. The van der Waals surface area contributed by atoms with Crippen molar-refractivity contribution in [3.8, 4) is 0 Å². The fourth-order valence-electron chi connectivity index (χ4n) is 5.61. The molecule has 3 aromatic rings. The molecule has 0 aliphatic carbocycles. The van der Waals surface area contributed by atoms with Crippen molar-refractivity contribution >= 4 is 25.9 Å². The molecule has 192 valence electrons. The van der Waals surface area contributed by atoms with Gasteiger partial charge in [-0.1, -0.05) is 59.7 Å². The van der Waals surface area contributed by atoms with Crippen LogP contribution in [0.25, 0.3) is 5.65 Å². The normalized spacial score (nSPS) is 26.1. The Morgan fingerprint density at radius 2 is 1.81 bits per heavy atom. The van der Waals surface area contributed by atoms with Gasteiger partial charge in [-0.25, -0.2) is 9.97 Å². The summed E-state index contributed by atoms with van der Waals surface area (Å²) in [4.78, 5) is 21.5. The first-order chi connectivity index (χ1) is 16.9. The van der Waals surface area contributed by atoms with Crippen molar-refractivity contribution in [2.75, 3.05) is 11.9 Å². The minimum absolute atomic E-state index is 0.200. The van der Waals surface area contributed by atoms with Crippen LogP contribution >= 0.6 is 0 Å². The number of rotatable bonds is 3. The number of imidazole rings is 1. The van der Waals surface area contributed by atoms with Gasteiger partial charge >= 0.3 is 8.56 Å². The lowest BCUT2D eigenvalue weighted by atomic mass is 10.1. The Bertz CT molecular complexity index is 1250. The van der Waals surface area contributed by atoms with Gasteiger partial charge in [0, 0.05) is 28.0 Å². The van der Waals surface area contributed by atoms with Crippen LogP contribution in [0.5, 0.6) is 0 Å². The molecule has 0 saturated carbocycles. The fourth-order valence-corrected chi connectivity index (χ4v) is 10.6. The first-order valence-electron chi connectivity index (χ1n) is 12.3. The lowest BCUT2D eigenvalue weighted by molar-refractivity contribution is -0.0724. The Labute approximate surface area is 212 Å². The van der Waals surface area contributed by atoms with Crippen LogP contribution < -0.4 is 5.32 Å². The van der Waals surface area contributed by atoms with Crippen LogP contribution in [0.2, 0.25) is 10.1 Å². The molecule has 2 saturated heterocycles. The highest BCUT2D eigenvalue weighted by molar-refractivity contribution is 6.73. The molecule has 0 radical (unpaired) electrons. The van der Waals surface area contributed by atoms with Gasteiger partial charge in [-0.2, -0.15) is 0 Å². The first kappa shape index (κ1) is 25.0. The maximum Gasteiger partial charge on any atom is 0.349 e. The van der Waals surface area contributed by atoms with E-state index in [9.17, 15) is 9.90 Å². The molecule has 2 aliphatic heterocycles. The van der Waals surface area contributed by atoms with Crippen molar-refractivity contribution in [2.24, 2.45) is 0 Å². The summed E-state index contributed by atoms with van der Waals surface area (Å²) >= 11 is 0. The minimum Gasteiger partial charge on any atom is -0.391 e. The molecule has 2 aromatic heterocycles. The molecule has 1 aromatic carbocycles. The predicted molar refractivity (Wildman–Crippen MR) is 137 cm³/mol. The highest BCUT2D eigenvalue weighted by Gasteiger charge is 2.65. The largest absolute Gasteiger partial charge is 0.391 e. The molecule has 0 bridgehead atoms. The Kier molecular flexibility index (Phi) is 6.08. The zero-order valence-corrected chi connectivity index (χ0v) is 22.6. The Morgan fingerprint density at radius 3 is 2.47 bits per heavy atom. The number of fused-ring (bicyclic) bond motifs is 2. The SMILES string of the molecule is CC(C)(C)[Si]1(C(C)(C)C)OC[C@H]2O[C@@H](c3cnc4c(NC(=O)c5ccccc5)nccn34)C(O)[C@H]2O1. The van der Waals surface area contributed by atoms with Crippen molar-refractivity contribution < 1.29 is 23.5 Å². The number of hydrogen-bond donors (Lipinski definition) is 2. The number of carbonyl (C=O) groups excluding carboxylic acids is 1. The minimum atomic E-state index is -2.76. The smallest absolute Gasteiger partial charge is 0.349 e. The average Bonchev–Trinajstić information content (AvgIpc) is 3.39. The number of amides is 1. The van der Waals surface area contributed by atoms with E-state index in [-0.39, 0.29) is 22.1 Å². The molecule has 2 fully saturated rings. The highest BCUT2D eigenvalue weighted by Crippen LogP contribution is 2.56. The molecule has 9 nitrogen and oxygen atoms in total. The number of aliphatic hydroxyl groups excluding tert-OH is 1. The van der Waals surface area contributed by atoms with E-state index in [0.717, 1.165) is 0 Å². The molecule has 2 N–H and O–H groups in total. The first-order valence-corrected chi connectivity index (χ1v) is 14.1. The number of aromatic nitrogens is 3. The van der Waals surface area contributed by atoms with Gasteiger partial charge in [0.25, 0.3) is 5.91 Å². The van der Waals surface area contributed by atoms with Crippen LogP contribution in [-0.4, -0.2) is 58.9 Å². The molecule has 1 unspecified atom stereocenters. The summed E-state index contributed by atoms with van der Waals surface area (Å²) < 4.78 is 21.3. The molecule has 1 amide bonds. The summed E-state index contributed by atoms with van der Waals surface area (Å²) in [6.45, 7) is 13.2. The molecular formula is C26H34N4O5Si. The van der Waals surface area contributed by atoms with Crippen LogP contribution in [0.3, 0.4) is 0 Å². The summed E-state index contributed by atoms with van der Waals surface area (Å²) in [6, 6.07) is 8.93. The lowest BCUT2D eigenvalue weighted by Crippen LogP contribution is -2.65. The second kappa shape index (κ2) is 8.74. The second-order valence-electron chi connectivity index (χ2n) is 11.6. The van der Waals surface area contributed by atoms with Gasteiger partial charge in [0.15, 0.2) is 11.5 Å². The van der Waals surface area contributed by atoms with Crippen molar-refractivity contribution in [1.29, 1.82) is 0 Å². The van der Waals surface area contributed by atoms with Gasteiger partial charge in [-0.15, -0.1) is 0 Å². The molecule has 2 aliphatic rings. The fraction of sp³-hybridized carbons (Fsp3) is 0.500. The standard InChI is InChI=1S/C26H34N4O5Si/c1-25(2,3)36(26(4,5)6)33-15-18-21(35-36)19(31)20(34-18)17-14-28-23-22(27-12-13-30(17)23)29-24(32)16-10-8-7-9-11-16/h7-14,18-21,31H,15H2,1-6H3,(H,27,29,32)/t18-,19?,20+,21+/m1/s1. The Balaban J connectivity index is 1.43. The van der Waals surface area contributed by atoms with E-state index >= 15 is 0 Å². The topological polar surface area (TPSA) is 107 Å². The molecular weight excluding hydrogens is 476 g/mol. The number of hydrogen-bond acceptors (Lipinski definition) is 7. The van der Waals surface area contributed by atoms with Crippen LogP contribution in [0, 0.1) is 0 Å². The third-order valence-electron chi connectivity index (χ3n) is 7.08. The molecule has 4 heterocycles. The van der Waals surface area contributed by atoms with Gasteiger partial charge in [-0.3, -0.25) is 9.20 Å². The summed E-state index contributed by atoms with van der Waals surface area (Å²) in [5, 5.41) is 13.9. The van der Waals surface area contributed by atoms with E-state index in [1.165, 1.54) is 0 Å². The van der Waals surface area contributed by atoms with Gasteiger partial charge < -0.3 is 24.0 Å². The molecule has 4 atom stereocenters. The number of aliphatic hydroxyl groups is 1. The van der Waals surface area contributed by atoms with Crippen LogP contribution in [0.1, 0.15) is 63.7 Å². The Hall–Kier alpha value is -2.63. The molecule has 5 rings (SSSR count). The van der Waals surface area contributed by atoms with Crippen molar-refractivity contribution in [2.45, 2.75) is 76.0 Å². The third kappa shape index (κ3) is 3.97. The summed E-state index contributed by atoms with van der Waals surface area (Å²) in [5.74, 6) is 0.0501. The van der Waals surface area contributed by atoms with E-state index in [1.54, 1.807) is 47.3 Å². The Morgan fingerprint density at radius 1 is 1.11 bits per heavy atom. The van der Waals surface area contributed by atoms with Gasteiger partial charge in [0.1, 0.15) is 24.4 Å². The van der Waals surface area contributed by atoms with E-state index in [2.05, 4.69) is 56.8 Å². The summed E-state index contributed by atoms with van der Waals surface area (Å²) in [6.07, 6.45) is 2.53. The molecule has 10 heteroatoms. The van der Waals surface area contributed by atoms with Crippen molar-refractivity contribution in [3.63, 3.8) is 0 Å². The maximum atomic E-state index is 12.7. The number of anilines is 1. The van der Waals surface area contributed by atoms with E-state index in [1.807, 2.05) is 6.07 Å². The number of nitrogens with zero attached hydrogens (tertiary/aromatic N) is 3. The zero-order chi connectivity index (χ0) is 25.9. The highest BCUT2D eigenvalue weighted by atomic mass is 28.4. The van der Waals surface area contributed by atoms with Crippen molar-refractivity contribution in [3.05, 3.63) is 60.2 Å². The van der Waals surface area contributed by atoms with Crippen LogP contribution in [-0.2, 0) is 13.6 Å². The summed E-state index contributed by atoms with van der Waals surface area (Å²) in [5.41, 5.74) is 1.65. The predicted octanol–water partition coefficient (Wildman–Crippen LogP) is 4.24. The van der Waals surface area contributed by atoms with Crippen molar-refractivity contribution in [1.82, 2.24) is 14.4 Å². The van der Waals surface area contributed by atoms with E-state index in [4.69, 9.17) is 13.6 Å². The summed E-state index contributed by atoms with van der Waals surface area (Å²) in [7, 11) is -2.76. The monoisotopic (exact) mass is 510 g/mol. The van der Waals surface area contributed by atoms with Crippen LogP contribution in [0.4, 0.5) is 5.82 Å². The number of benzene rings is 1. The van der Waals surface area contributed by atoms with E-state index in [0.29, 0.717) is 29.3 Å². The quantitative estimate of drug-likeness (QED) is 0.508. The zero-order valence-electron chi connectivity index (χ0n) is 21.6. The van der Waals surface area contributed by atoms with Crippen LogP contribution in [0.15, 0.2) is 48.9 Å². The lowest BCUT2D eigenvalue weighted by Gasteiger charge is -2.53.